The molecule has 0 aliphatic rings. The fraction of sp³-hybridized carbons (Fsp3) is 0. The second kappa shape index (κ2) is 12.2. The molecule has 0 N–H and O–H groups in total. The van der Waals surface area contributed by atoms with Crippen LogP contribution in [0.25, 0.3) is 128 Å². The summed E-state index contributed by atoms with van der Waals surface area (Å²) in [5.74, 6) is 0. The van der Waals surface area contributed by atoms with Gasteiger partial charge in [-0.2, -0.15) is 0 Å². The summed E-state index contributed by atoms with van der Waals surface area (Å²) in [6.07, 6.45) is 0. The number of para-hydroxylation sites is 3. The van der Waals surface area contributed by atoms with Gasteiger partial charge in [-0.1, -0.05) is 127 Å². The Morgan fingerprint density at radius 2 is 0.767 bits per heavy atom. The van der Waals surface area contributed by atoms with E-state index >= 15 is 0 Å². The Bertz CT molecular complexity index is 4100. The smallest absolute Gasteiger partial charge is 0.0547 e. The molecule has 0 bridgehead atoms. The fourth-order valence-electron chi connectivity index (χ4n) is 10.2. The molecule has 60 heavy (non-hydrogen) atoms. The van der Waals surface area contributed by atoms with Crippen LogP contribution in [0.3, 0.4) is 0 Å². The molecule has 0 unspecified atom stereocenters. The molecular formula is C56H32N2S2. The third-order valence-corrected chi connectivity index (χ3v) is 15.4. The molecule has 0 aliphatic heterocycles. The maximum Gasteiger partial charge on any atom is 0.0547 e. The van der Waals surface area contributed by atoms with Crippen LogP contribution in [0.1, 0.15) is 0 Å². The second-order valence-corrected chi connectivity index (χ2v) is 18.1. The Morgan fingerprint density at radius 1 is 0.283 bits per heavy atom. The normalized spacial score (nSPS) is 12.3. The number of nitrogens with zero attached hydrogens (tertiary/aromatic N) is 2. The number of aromatic nitrogens is 2. The molecule has 2 nitrogen and oxygen atoms in total. The Hall–Kier alpha value is -7.24. The van der Waals surface area contributed by atoms with E-state index in [9.17, 15) is 0 Å². The monoisotopic (exact) mass is 796 g/mol. The number of hydrogen-bond donors (Lipinski definition) is 0. The fourth-order valence-corrected chi connectivity index (χ4v) is 12.8. The summed E-state index contributed by atoms with van der Waals surface area (Å²) in [6, 6.07) is 72.2. The number of rotatable bonds is 3. The third kappa shape index (κ3) is 4.47. The van der Waals surface area contributed by atoms with Gasteiger partial charge in [-0.25, -0.2) is 0 Å². The van der Waals surface area contributed by atoms with Crippen LogP contribution in [-0.2, 0) is 0 Å². The molecule has 0 aliphatic carbocycles. The first-order chi connectivity index (χ1) is 29.7. The average Bonchev–Trinajstić information content (AvgIpc) is 4.05. The summed E-state index contributed by atoms with van der Waals surface area (Å²) in [5.41, 5.74) is 9.71. The van der Waals surface area contributed by atoms with Gasteiger partial charge in [0.2, 0.25) is 0 Å². The minimum Gasteiger partial charge on any atom is -0.309 e. The molecule has 0 radical (unpaired) electrons. The topological polar surface area (TPSA) is 9.86 Å². The van der Waals surface area contributed by atoms with E-state index in [0.29, 0.717) is 0 Å². The van der Waals surface area contributed by atoms with Crippen LogP contribution < -0.4 is 0 Å². The first-order valence-corrected chi connectivity index (χ1v) is 22.1. The number of thiophene rings is 2. The minimum atomic E-state index is 1.16. The average molecular weight is 797 g/mol. The molecule has 0 saturated heterocycles. The highest BCUT2D eigenvalue weighted by Gasteiger charge is 2.19. The van der Waals surface area contributed by atoms with E-state index in [1.807, 2.05) is 22.7 Å². The Labute approximate surface area is 352 Å². The van der Waals surface area contributed by atoms with Gasteiger partial charge >= 0.3 is 0 Å². The second-order valence-electron chi connectivity index (χ2n) is 16.0. The lowest BCUT2D eigenvalue weighted by atomic mass is 10.0. The first kappa shape index (κ1) is 32.7. The minimum absolute atomic E-state index is 1.16. The van der Waals surface area contributed by atoms with Gasteiger partial charge in [-0.05, 0) is 88.6 Å². The Morgan fingerprint density at radius 3 is 1.42 bits per heavy atom. The Balaban J connectivity index is 0.932. The molecule has 4 aromatic heterocycles. The number of benzene rings is 10. The molecule has 4 heterocycles. The van der Waals surface area contributed by atoms with Crippen molar-refractivity contribution < 1.29 is 0 Å². The van der Waals surface area contributed by atoms with Crippen LogP contribution in [0, 0.1) is 0 Å². The van der Waals surface area contributed by atoms with E-state index in [1.54, 1.807) is 0 Å². The van der Waals surface area contributed by atoms with Crippen LogP contribution in [0.15, 0.2) is 194 Å². The van der Waals surface area contributed by atoms with Gasteiger partial charge in [0.25, 0.3) is 0 Å². The van der Waals surface area contributed by atoms with Crippen LogP contribution in [0.4, 0.5) is 0 Å². The molecule has 0 saturated carbocycles. The van der Waals surface area contributed by atoms with Crippen LogP contribution in [0.5, 0.6) is 0 Å². The summed E-state index contributed by atoms with van der Waals surface area (Å²) in [4.78, 5) is 0. The Kier molecular flexibility index (Phi) is 6.62. The van der Waals surface area contributed by atoms with E-state index in [-0.39, 0.29) is 0 Å². The highest BCUT2D eigenvalue weighted by atomic mass is 32.1. The molecule has 278 valence electrons. The van der Waals surface area contributed by atoms with E-state index < -0.39 is 0 Å². The SMILES string of the molecule is c1ccc(-n2c3ccccc3c3cc4cc5c6ccccc6n(-c6ccc(-c7cccc8c7sc7c8ccc8c7ccc7c9ccccc9sc78)cc6)c5cc4cc32)cc1. The third-order valence-electron chi connectivity index (χ3n) is 12.9. The van der Waals surface area contributed by atoms with Crippen molar-refractivity contribution in [2.75, 3.05) is 0 Å². The van der Waals surface area contributed by atoms with Crippen molar-refractivity contribution in [2.45, 2.75) is 0 Å². The van der Waals surface area contributed by atoms with E-state index in [1.165, 1.54) is 122 Å². The summed E-state index contributed by atoms with van der Waals surface area (Å²) >= 11 is 3.84. The largest absolute Gasteiger partial charge is 0.309 e. The molecule has 14 rings (SSSR count). The zero-order valence-corrected chi connectivity index (χ0v) is 33.8. The van der Waals surface area contributed by atoms with Gasteiger partial charge in [0.15, 0.2) is 0 Å². The predicted molar refractivity (Wildman–Crippen MR) is 261 cm³/mol. The van der Waals surface area contributed by atoms with Crippen molar-refractivity contribution >= 4 is 128 Å². The van der Waals surface area contributed by atoms with Crippen molar-refractivity contribution in [3.8, 4) is 22.5 Å². The van der Waals surface area contributed by atoms with Crippen LogP contribution in [0.2, 0.25) is 0 Å². The summed E-state index contributed by atoms with van der Waals surface area (Å²) in [5, 5.41) is 15.6. The summed E-state index contributed by atoms with van der Waals surface area (Å²) < 4.78 is 10.3. The van der Waals surface area contributed by atoms with Gasteiger partial charge in [0.05, 0.1) is 22.1 Å². The summed E-state index contributed by atoms with van der Waals surface area (Å²) in [6.45, 7) is 0. The lowest BCUT2D eigenvalue weighted by Crippen LogP contribution is -1.94. The van der Waals surface area contributed by atoms with Crippen molar-refractivity contribution in [1.29, 1.82) is 0 Å². The highest BCUT2D eigenvalue weighted by Crippen LogP contribution is 2.46. The molecule has 0 fully saturated rings. The van der Waals surface area contributed by atoms with Gasteiger partial charge in [-0.3, -0.25) is 0 Å². The van der Waals surface area contributed by atoms with Crippen molar-refractivity contribution in [3.05, 3.63) is 194 Å². The van der Waals surface area contributed by atoms with E-state index in [4.69, 9.17) is 0 Å². The predicted octanol–water partition coefficient (Wildman–Crippen LogP) is 16.6. The molecule has 0 atom stereocenters. The van der Waals surface area contributed by atoms with Crippen LogP contribution in [-0.4, -0.2) is 9.13 Å². The molecule has 0 amide bonds. The molecule has 14 aromatic rings. The van der Waals surface area contributed by atoms with Gasteiger partial charge in [0.1, 0.15) is 0 Å². The molecule has 4 heteroatoms. The maximum absolute atomic E-state index is 2.45. The van der Waals surface area contributed by atoms with Crippen molar-refractivity contribution in [1.82, 2.24) is 9.13 Å². The molecular weight excluding hydrogens is 765 g/mol. The van der Waals surface area contributed by atoms with Crippen molar-refractivity contribution in [2.24, 2.45) is 0 Å². The quantitative estimate of drug-likeness (QED) is 0.169. The number of fused-ring (bicyclic) bond motifs is 16. The van der Waals surface area contributed by atoms with Gasteiger partial charge < -0.3 is 9.13 Å². The zero-order chi connectivity index (χ0) is 39.1. The zero-order valence-electron chi connectivity index (χ0n) is 32.2. The summed E-state index contributed by atoms with van der Waals surface area (Å²) in [7, 11) is 0. The van der Waals surface area contributed by atoms with Crippen LogP contribution >= 0.6 is 22.7 Å². The lowest BCUT2D eigenvalue weighted by molar-refractivity contribution is 1.18. The van der Waals surface area contributed by atoms with E-state index in [2.05, 4.69) is 203 Å². The highest BCUT2D eigenvalue weighted by molar-refractivity contribution is 7.28. The van der Waals surface area contributed by atoms with Crippen molar-refractivity contribution in [3.63, 3.8) is 0 Å². The van der Waals surface area contributed by atoms with E-state index in [0.717, 1.165) is 5.69 Å². The molecule has 10 aromatic carbocycles. The van der Waals surface area contributed by atoms with Gasteiger partial charge in [0, 0.05) is 84.0 Å². The standard InChI is InChI=1S/C56H32N2S2/c1-2-11-36(12-3-1)57-49-18-7-4-13-39(49)47-29-34-30-48-40-14-5-8-19-50(40)58(52(48)32-35(34)31-51(47)57)37-23-21-33(22-24-37)38-16-10-17-42-44-27-28-45-46(56(44)60-54(38)42)26-25-43-41-15-6-9-20-53(41)59-55(43)45/h1-32H. The maximum atomic E-state index is 2.45. The number of hydrogen-bond acceptors (Lipinski definition) is 2. The van der Waals surface area contributed by atoms with Gasteiger partial charge in [-0.15, -0.1) is 22.7 Å². The lowest BCUT2D eigenvalue weighted by Gasteiger charge is -2.11. The molecule has 0 spiro atoms. The first-order valence-electron chi connectivity index (χ1n) is 20.5.